The van der Waals surface area contributed by atoms with Crippen molar-refractivity contribution in [1.29, 1.82) is 0 Å². The molecular weight excluding hydrogens is 709 g/mol. The van der Waals surface area contributed by atoms with Gasteiger partial charge in [0.2, 0.25) is 0 Å². The molecule has 0 fully saturated rings. The monoisotopic (exact) mass is 744 g/mol. The van der Waals surface area contributed by atoms with Crippen LogP contribution in [0.25, 0.3) is 71.5 Å². The molecule has 12 rings (SSSR count). The van der Waals surface area contributed by atoms with Gasteiger partial charge in [0.15, 0.2) is 5.82 Å². The fourth-order valence-electron chi connectivity index (χ4n) is 9.97. The first-order valence-corrected chi connectivity index (χ1v) is 20.7. The van der Waals surface area contributed by atoms with Crippen molar-refractivity contribution in [2.45, 2.75) is 28.6 Å². The molecule has 0 N–H and O–H groups in total. The molecule has 2 nitrogen and oxygen atoms in total. The van der Waals surface area contributed by atoms with E-state index in [1.807, 2.05) is 11.8 Å². The molecule has 0 saturated heterocycles. The predicted octanol–water partition coefficient (Wildman–Crippen LogP) is 14.1. The summed E-state index contributed by atoms with van der Waals surface area (Å²) in [6.07, 6.45) is 7.54. The molecule has 9 aromatic rings. The molecule has 2 heterocycles. The number of hydrogen-bond acceptors (Lipinski definition) is 3. The van der Waals surface area contributed by atoms with E-state index in [2.05, 4.69) is 189 Å². The van der Waals surface area contributed by atoms with E-state index in [4.69, 9.17) is 9.97 Å². The number of fused-ring (bicyclic) bond motifs is 14. The molecule has 2 aliphatic carbocycles. The zero-order chi connectivity index (χ0) is 37.7. The van der Waals surface area contributed by atoms with Crippen molar-refractivity contribution < 1.29 is 0 Å². The lowest BCUT2D eigenvalue weighted by atomic mass is 9.66. The van der Waals surface area contributed by atoms with Crippen molar-refractivity contribution in [3.63, 3.8) is 0 Å². The second-order valence-electron chi connectivity index (χ2n) is 15.6. The summed E-state index contributed by atoms with van der Waals surface area (Å²) < 4.78 is 0. The van der Waals surface area contributed by atoms with Crippen molar-refractivity contribution in [2.24, 2.45) is 5.92 Å². The van der Waals surface area contributed by atoms with Crippen LogP contribution in [0.3, 0.4) is 0 Å². The molecular formula is C54H36N2S. The van der Waals surface area contributed by atoms with Gasteiger partial charge in [-0.25, -0.2) is 9.97 Å². The van der Waals surface area contributed by atoms with E-state index >= 15 is 0 Å². The van der Waals surface area contributed by atoms with Gasteiger partial charge in [-0.15, -0.1) is 0 Å². The van der Waals surface area contributed by atoms with Crippen LogP contribution in [-0.2, 0) is 5.41 Å². The summed E-state index contributed by atoms with van der Waals surface area (Å²) in [6, 6.07) is 60.9. The summed E-state index contributed by atoms with van der Waals surface area (Å²) in [7, 11) is 0. The molecule has 1 unspecified atom stereocenters. The third-order valence-corrected chi connectivity index (χ3v) is 13.9. The molecule has 0 saturated carbocycles. The zero-order valence-electron chi connectivity index (χ0n) is 31.4. The Morgan fingerprint density at radius 1 is 0.526 bits per heavy atom. The molecule has 1 atom stereocenters. The van der Waals surface area contributed by atoms with Gasteiger partial charge in [-0.1, -0.05) is 195 Å². The van der Waals surface area contributed by atoms with Gasteiger partial charge < -0.3 is 0 Å². The van der Waals surface area contributed by atoms with Crippen LogP contribution >= 0.6 is 11.8 Å². The van der Waals surface area contributed by atoms with Gasteiger partial charge in [0.25, 0.3) is 0 Å². The summed E-state index contributed by atoms with van der Waals surface area (Å²) in [5, 5.41) is 6.22. The minimum absolute atomic E-state index is 0.372. The van der Waals surface area contributed by atoms with Crippen LogP contribution in [0.2, 0.25) is 0 Å². The van der Waals surface area contributed by atoms with E-state index < -0.39 is 5.41 Å². The fourth-order valence-corrected chi connectivity index (χ4v) is 11.4. The minimum atomic E-state index is -0.484. The molecule has 0 radical (unpaired) electrons. The van der Waals surface area contributed by atoms with Crippen LogP contribution in [0.1, 0.15) is 41.4 Å². The number of aromatic nitrogens is 2. The van der Waals surface area contributed by atoms with Crippen LogP contribution < -0.4 is 0 Å². The van der Waals surface area contributed by atoms with Crippen LogP contribution in [0, 0.1) is 5.92 Å². The predicted molar refractivity (Wildman–Crippen MR) is 238 cm³/mol. The molecule has 3 aliphatic rings. The minimum Gasteiger partial charge on any atom is -0.228 e. The topological polar surface area (TPSA) is 25.8 Å². The van der Waals surface area contributed by atoms with Gasteiger partial charge in [-0.2, -0.15) is 0 Å². The van der Waals surface area contributed by atoms with Gasteiger partial charge >= 0.3 is 0 Å². The Kier molecular flexibility index (Phi) is 7.15. The van der Waals surface area contributed by atoms with Gasteiger partial charge in [-0.3, -0.25) is 0 Å². The van der Waals surface area contributed by atoms with E-state index in [9.17, 15) is 0 Å². The van der Waals surface area contributed by atoms with E-state index in [0.717, 1.165) is 34.4 Å². The van der Waals surface area contributed by atoms with Gasteiger partial charge in [-0.05, 0) is 90.0 Å². The molecule has 8 aromatic carbocycles. The Bertz CT molecular complexity index is 3120. The molecule has 1 aromatic heterocycles. The molecule has 0 amide bonds. The van der Waals surface area contributed by atoms with Crippen LogP contribution in [0.15, 0.2) is 192 Å². The van der Waals surface area contributed by atoms with Crippen LogP contribution in [0.4, 0.5) is 0 Å². The lowest BCUT2D eigenvalue weighted by Crippen LogP contribution is -2.32. The standard InChI is InChI=1S/C54H36N2S/c1-33-13-2-5-16-38(33)53-55-48-24-11-9-20-43(48)50(56-53)37-27-25-36(26-28-37)39-21-12-23-45-49(39)42-19-8-10-22-44(42)54(45)46-31-29-34-14-3-6-17-40(34)51(46)57-52-41-18-7-4-15-35(41)30-32-47(52)54/h2-12,14-33H,13H2,1H3. The molecule has 1 spiro atoms. The van der Waals surface area contributed by atoms with E-state index in [1.54, 1.807) is 0 Å². The maximum absolute atomic E-state index is 5.26. The smallest absolute Gasteiger partial charge is 0.156 e. The number of para-hydroxylation sites is 1. The Morgan fingerprint density at radius 2 is 1.14 bits per heavy atom. The van der Waals surface area contributed by atoms with Crippen molar-refractivity contribution >= 4 is 49.8 Å². The average Bonchev–Trinajstić information content (AvgIpc) is 3.57. The normalized spacial score (nSPS) is 16.0. The Balaban J connectivity index is 1.08. The van der Waals surface area contributed by atoms with Crippen LogP contribution in [-0.4, -0.2) is 9.97 Å². The molecule has 57 heavy (non-hydrogen) atoms. The van der Waals surface area contributed by atoms with Gasteiger partial charge in [0, 0.05) is 20.7 Å². The number of hydrogen-bond donors (Lipinski definition) is 0. The molecule has 3 heteroatoms. The largest absolute Gasteiger partial charge is 0.228 e. The number of allylic oxidation sites excluding steroid dienone is 4. The highest BCUT2D eigenvalue weighted by Gasteiger charge is 2.51. The van der Waals surface area contributed by atoms with Crippen molar-refractivity contribution in [3.05, 3.63) is 210 Å². The Hall–Kier alpha value is -6.55. The summed E-state index contributed by atoms with van der Waals surface area (Å²) in [6.45, 7) is 2.26. The van der Waals surface area contributed by atoms with E-state index in [0.29, 0.717) is 5.92 Å². The lowest BCUT2D eigenvalue weighted by molar-refractivity contribution is 0.729. The highest BCUT2D eigenvalue weighted by atomic mass is 32.2. The van der Waals surface area contributed by atoms with E-state index in [-0.39, 0.29) is 0 Å². The van der Waals surface area contributed by atoms with Gasteiger partial charge in [0.05, 0.1) is 16.6 Å². The SMILES string of the molecule is CC1CC=CC=C1c1nc(-c2ccc(-c3cccc4c3-c3ccccc3C43c4ccc5ccccc5c4Sc4c3ccc3ccccc43)cc2)c2ccccc2n1. The number of nitrogens with zero attached hydrogens (tertiary/aromatic N) is 2. The molecule has 268 valence electrons. The third kappa shape index (κ3) is 4.67. The number of benzene rings is 8. The summed E-state index contributed by atoms with van der Waals surface area (Å²) in [4.78, 5) is 13.0. The first-order chi connectivity index (χ1) is 28.2. The Labute approximate surface area is 336 Å². The fraction of sp³-hybridized carbons (Fsp3) is 0.0741. The number of rotatable bonds is 3. The second kappa shape index (κ2) is 12.5. The second-order valence-corrected chi connectivity index (χ2v) is 16.7. The maximum Gasteiger partial charge on any atom is 0.156 e. The van der Waals surface area contributed by atoms with Crippen molar-refractivity contribution in [1.82, 2.24) is 9.97 Å². The average molecular weight is 745 g/mol. The van der Waals surface area contributed by atoms with E-state index in [1.165, 1.54) is 81.4 Å². The highest BCUT2D eigenvalue weighted by Crippen LogP contribution is 2.65. The van der Waals surface area contributed by atoms with Crippen LogP contribution in [0.5, 0.6) is 0 Å². The molecule has 1 aliphatic heterocycles. The van der Waals surface area contributed by atoms with Gasteiger partial charge in [0.1, 0.15) is 0 Å². The van der Waals surface area contributed by atoms with Crippen molar-refractivity contribution in [2.75, 3.05) is 0 Å². The highest BCUT2D eigenvalue weighted by molar-refractivity contribution is 8.00. The third-order valence-electron chi connectivity index (χ3n) is 12.6. The first-order valence-electron chi connectivity index (χ1n) is 19.9. The first kappa shape index (κ1) is 32.7. The quantitative estimate of drug-likeness (QED) is 0.180. The maximum atomic E-state index is 5.26. The Morgan fingerprint density at radius 3 is 1.88 bits per heavy atom. The zero-order valence-corrected chi connectivity index (χ0v) is 32.2. The summed E-state index contributed by atoms with van der Waals surface area (Å²) in [5.41, 5.74) is 14.2. The summed E-state index contributed by atoms with van der Waals surface area (Å²) >= 11 is 1.95. The van der Waals surface area contributed by atoms with Crippen molar-refractivity contribution in [3.8, 4) is 33.5 Å². The molecule has 0 bridgehead atoms. The summed E-state index contributed by atoms with van der Waals surface area (Å²) in [5.74, 6) is 1.19. The lowest BCUT2D eigenvalue weighted by Gasteiger charge is -2.40.